The summed E-state index contributed by atoms with van der Waals surface area (Å²) in [6.45, 7) is 4.72. The third kappa shape index (κ3) is 1.64. The minimum absolute atomic E-state index is 0.00206. The lowest BCUT2D eigenvalue weighted by Gasteiger charge is -2.20. The predicted octanol–water partition coefficient (Wildman–Crippen LogP) is -0.209. The molecule has 2 aliphatic heterocycles. The van der Waals surface area contributed by atoms with E-state index in [1.54, 1.807) is 0 Å². The van der Waals surface area contributed by atoms with Crippen LogP contribution in [0, 0.1) is 11.8 Å². The van der Waals surface area contributed by atoms with Gasteiger partial charge in [-0.15, -0.1) is 0 Å². The van der Waals surface area contributed by atoms with Crippen molar-refractivity contribution in [1.82, 2.24) is 9.62 Å². The maximum atomic E-state index is 12.1. The van der Waals surface area contributed by atoms with Gasteiger partial charge in [-0.25, -0.2) is 12.7 Å². The first-order chi connectivity index (χ1) is 7.34. The fourth-order valence-corrected chi connectivity index (χ4v) is 4.09. The molecule has 16 heavy (non-hydrogen) atoms. The number of rotatable bonds is 2. The van der Waals surface area contributed by atoms with Crippen molar-refractivity contribution in [3.63, 3.8) is 0 Å². The van der Waals surface area contributed by atoms with E-state index in [0.29, 0.717) is 0 Å². The first-order valence-electron chi connectivity index (χ1n) is 5.60. The minimum Gasteiger partial charge on any atom is -0.311 e. The fourth-order valence-electron chi connectivity index (χ4n) is 2.92. The highest BCUT2D eigenvalue weighted by atomic mass is 32.2. The number of fused-ring (bicyclic) bond motifs is 1. The van der Waals surface area contributed by atoms with Gasteiger partial charge in [0, 0.05) is 6.04 Å². The summed E-state index contributed by atoms with van der Waals surface area (Å²) >= 11 is 0. The zero-order valence-electron chi connectivity index (χ0n) is 9.80. The molecule has 3 atom stereocenters. The van der Waals surface area contributed by atoms with Gasteiger partial charge in [0.05, 0.1) is 18.2 Å². The van der Waals surface area contributed by atoms with Crippen molar-refractivity contribution in [1.29, 1.82) is 0 Å². The van der Waals surface area contributed by atoms with Crippen LogP contribution in [0.15, 0.2) is 0 Å². The first kappa shape index (κ1) is 11.9. The van der Waals surface area contributed by atoms with Crippen LogP contribution < -0.4 is 5.32 Å². The van der Waals surface area contributed by atoms with Crippen LogP contribution in [-0.4, -0.2) is 43.5 Å². The van der Waals surface area contributed by atoms with Gasteiger partial charge >= 0.3 is 0 Å². The molecule has 0 aliphatic carbocycles. The molecule has 2 heterocycles. The summed E-state index contributed by atoms with van der Waals surface area (Å²) in [4.78, 5) is 12.1. The Morgan fingerprint density at radius 2 is 2.06 bits per heavy atom. The van der Waals surface area contributed by atoms with Crippen molar-refractivity contribution in [3.8, 4) is 0 Å². The Labute approximate surface area is 96.2 Å². The Hall–Kier alpha value is -0.620. The van der Waals surface area contributed by atoms with Gasteiger partial charge in [-0.2, -0.15) is 0 Å². The van der Waals surface area contributed by atoms with Crippen LogP contribution >= 0.6 is 0 Å². The third-order valence-electron chi connectivity index (χ3n) is 3.50. The van der Waals surface area contributed by atoms with Crippen LogP contribution in [0.3, 0.4) is 0 Å². The van der Waals surface area contributed by atoms with Crippen LogP contribution in [0.1, 0.15) is 20.3 Å². The van der Waals surface area contributed by atoms with Crippen LogP contribution in [-0.2, 0) is 14.8 Å². The quantitative estimate of drug-likeness (QED) is 0.732. The van der Waals surface area contributed by atoms with Crippen LogP contribution in [0.2, 0.25) is 0 Å². The summed E-state index contributed by atoms with van der Waals surface area (Å²) in [5.74, 6) is -0.278. The van der Waals surface area contributed by atoms with E-state index in [0.717, 1.165) is 23.5 Å². The van der Waals surface area contributed by atoms with Gasteiger partial charge in [0.1, 0.15) is 0 Å². The SMILES string of the molecule is CC(C)C1C(=O)N(S(C)(=O)=O)C2CCNC12. The molecule has 0 aromatic rings. The number of nitrogens with one attached hydrogen (secondary N) is 1. The number of hydrogen-bond acceptors (Lipinski definition) is 4. The monoisotopic (exact) mass is 246 g/mol. The Morgan fingerprint density at radius 1 is 1.44 bits per heavy atom. The molecule has 0 spiro atoms. The second kappa shape index (κ2) is 3.70. The number of carbonyl (C=O) groups is 1. The minimum atomic E-state index is -3.43. The van der Waals surface area contributed by atoms with E-state index in [-0.39, 0.29) is 29.8 Å². The third-order valence-corrected chi connectivity index (χ3v) is 4.67. The number of sulfonamides is 1. The Kier molecular flexibility index (Phi) is 2.74. The molecule has 2 fully saturated rings. The summed E-state index contributed by atoms with van der Waals surface area (Å²) in [5.41, 5.74) is 0. The molecule has 2 saturated heterocycles. The van der Waals surface area contributed by atoms with Crippen LogP contribution in [0.4, 0.5) is 0 Å². The lowest BCUT2D eigenvalue weighted by molar-refractivity contribution is -0.128. The number of hydrogen-bond donors (Lipinski definition) is 1. The number of nitrogens with zero attached hydrogens (tertiary/aromatic N) is 1. The average molecular weight is 246 g/mol. The molecule has 0 aromatic heterocycles. The summed E-state index contributed by atoms with van der Waals surface area (Å²) in [6, 6.07) is -0.169. The molecule has 0 radical (unpaired) electrons. The number of carbonyl (C=O) groups excluding carboxylic acids is 1. The van der Waals surface area contributed by atoms with E-state index in [1.807, 2.05) is 13.8 Å². The molecule has 5 nitrogen and oxygen atoms in total. The highest BCUT2D eigenvalue weighted by molar-refractivity contribution is 7.88. The van der Waals surface area contributed by atoms with E-state index < -0.39 is 10.0 Å². The zero-order valence-corrected chi connectivity index (χ0v) is 10.6. The van der Waals surface area contributed by atoms with Gasteiger partial charge < -0.3 is 5.32 Å². The van der Waals surface area contributed by atoms with Gasteiger partial charge in [-0.3, -0.25) is 4.79 Å². The maximum absolute atomic E-state index is 12.1. The molecule has 1 amide bonds. The van der Waals surface area contributed by atoms with Crippen molar-refractivity contribution >= 4 is 15.9 Å². The van der Waals surface area contributed by atoms with Crippen molar-refractivity contribution < 1.29 is 13.2 Å². The standard InChI is InChI=1S/C10H18N2O3S/c1-6(2)8-9-7(4-5-11-9)12(10(8)13)16(3,14)15/h6-9,11H,4-5H2,1-3H3. The molecule has 2 aliphatic rings. The van der Waals surface area contributed by atoms with Crippen molar-refractivity contribution in [2.45, 2.75) is 32.4 Å². The van der Waals surface area contributed by atoms with Gasteiger partial charge in [0.25, 0.3) is 0 Å². The summed E-state index contributed by atoms with van der Waals surface area (Å²) in [5, 5.41) is 3.26. The molecule has 0 saturated carbocycles. The Balaban J connectivity index is 2.39. The fraction of sp³-hybridized carbons (Fsp3) is 0.900. The Morgan fingerprint density at radius 3 is 2.56 bits per heavy atom. The second-order valence-corrected chi connectivity index (χ2v) is 6.86. The van der Waals surface area contributed by atoms with Gasteiger partial charge in [0.15, 0.2) is 0 Å². The van der Waals surface area contributed by atoms with E-state index in [2.05, 4.69) is 5.32 Å². The van der Waals surface area contributed by atoms with Gasteiger partial charge in [-0.05, 0) is 18.9 Å². The zero-order chi connectivity index (χ0) is 12.1. The van der Waals surface area contributed by atoms with E-state index in [9.17, 15) is 13.2 Å². The molecular weight excluding hydrogens is 228 g/mol. The van der Waals surface area contributed by atoms with E-state index in [1.165, 1.54) is 0 Å². The van der Waals surface area contributed by atoms with Crippen molar-refractivity contribution in [3.05, 3.63) is 0 Å². The first-order valence-corrected chi connectivity index (χ1v) is 7.45. The smallest absolute Gasteiger partial charge is 0.241 e. The highest BCUT2D eigenvalue weighted by Gasteiger charge is 2.54. The lowest BCUT2D eigenvalue weighted by Crippen LogP contribution is -2.39. The maximum Gasteiger partial charge on any atom is 0.241 e. The molecule has 3 unspecified atom stereocenters. The largest absolute Gasteiger partial charge is 0.311 e. The summed E-state index contributed by atoms with van der Waals surface area (Å²) in [7, 11) is -3.43. The molecule has 6 heteroatoms. The molecule has 0 aromatic carbocycles. The Bertz CT molecular complexity index is 404. The molecular formula is C10H18N2O3S. The highest BCUT2D eigenvalue weighted by Crippen LogP contribution is 2.36. The van der Waals surface area contributed by atoms with E-state index >= 15 is 0 Å². The molecule has 1 N–H and O–H groups in total. The average Bonchev–Trinajstić information content (AvgIpc) is 2.58. The lowest BCUT2D eigenvalue weighted by atomic mass is 9.89. The second-order valence-electron chi connectivity index (χ2n) is 5.00. The summed E-state index contributed by atoms with van der Waals surface area (Å²) < 4.78 is 24.4. The van der Waals surface area contributed by atoms with E-state index in [4.69, 9.17) is 0 Å². The molecule has 2 rings (SSSR count). The van der Waals surface area contributed by atoms with Gasteiger partial charge in [0.2, 0.25) is 15.9 Å². The van der Waals surface area contributed by atoms with Crippen LogP contribution in [0.5, 0.6) is 0 Å². The molecule has 92 valence electrons. The van der Waals surface area contributed by atoms with Crippen molar-refractivity contribution in [2.75, 3.05) is 12.8 Å². The van der Waals surface area contributed by atoms with Crippen LogP contribution in [0.25, 0.3) is 0 Å². The predicted molar refractivity (Wildman–Crippen MR) is 60.2 cm³/mol. The van der Waals surface area contributed by atoms with Gasteiger partial charge in [-0.1, -0.05) is 13.8 Å². The molecule has 0 bridgehead atoms. The van der Waals surface area contributed by atoms with Crippen molar-refractivity contribution in [2.24, 2.45) is 11.8 Å². The summed E-state index contributed by atoms with van der Waals surface area (Å²) in [6.07, 6.45) is 1.84. The normalized spacial score (nSPS) is 34.9. The number of amides is 1. The topological polar surface area (TPSA) is 66.5 Å².